The first-order chi connectivity index (χ1) is 12.7. The SMILES string of the molecule is N#Cc1ccc(CN2CCN(C(=O)CNC(=O)c3ccoc3)CC2)cc1. The molecular weight excluding hydrogens is 332 g/mol. The average Bonchev–Trinajstić information content (AvgIpc) is 3.22. The molecule has 2 heterocycles. The van der Waals surface area contributed by atoms with Gasteiger partial charge < -0.3 is 14.6 Å². The van der Waals surface area contributed by atoms with Gasteiger partial charge in [0.05, 0.1) is 30.0 Å². The minimum atomic E-state index is -0.313. The lowest BCUT2D eigenvalue weighted by atomic mass is 10.1. The number of carbonyl (C=O) groups is 2. The van der Waals surface area contributed by atoms with E-state index in [0.29, 0.717) is 24.2 Å². The number of amides is 2. The zero-order chi connectivity index (χ0) is 18.4. The lowest BCUT2D eigenvalue weighted by Crippen LogP contribution is -2.50. The Hall–Kier alpha value is -3.11. The summed E-state index contributed by atoms with van der Waals surface area (Å²) >= 11 is 0. The van der Waals surface area contributed by atoms with Gasteiger partial charge in [-0.2, -0.15) is 5.26 Å². The second kappa shape index (κ2) is 8.32. The number of hydrogen-bond acceptors (Lipinski definition) is 5. The van der Waals surface area contributed by atoms with Crippen molar-refractivity contribution in [2.75, 3.05) is 32.7 Å². The van der Waals surface area contributed by atoms with Crippen LogP contribution in [0.1, 0.15) is 21.5 Å². The third-order valence-corrected chi connectivity index (χ3v) is 4.40. The Morgan fingerprint density at radius 1 is 1.12 bits per heavy atom. The fourth-order valence-electron chi connectivity index (χ4n) is 2.86. The summed E-state index contributed by atoms with van der Waals surface area (Å²) in [6.07, 6.45) is 2.77. The molecule has 0 bridgehead atoms. The molecule has 3 rings (SSSR count). The zero-order valence-electron chi connectivity index (χ0n) is 14.4. The predicted octanol–water partition coefficient (Wildman–Crippen LogP) is 1.23. The predicted molar refractivity (Wildman–Crippen MR) is 94.1 cm³/mol. The first kappa shape index (κ1) is 17.7. The van der Waals surface area contributed by atoms with E-state index in [2.05, 4.69) is 16.3 Å². The fourth-order valence-corrected chi connectivity index (χ4v) is 2.86. The topological polar surface area (TPSA) is 89.6 Å². The molecule has 26 heavy (non-hydrogen) atoms. The maximum atomic E-state index is 12.2. The number of nitriles is 1. The molecule has 1 aliphatic heterocycles. The second-order valence-electron chi connectivity index (χ2n) is 6.16. The molecule has 1 aromatic carbocycles. The molecule has 0 radical (unpaired) electrons. The Labute approximate surface area is 151 Å². The standard InChI is InChI=1S/C19H20N4O3/c20-11-15-1-3-16(4-2-15)13-22-6-8-23(9-7-22)18(24)12-21-19(25)17-5-10-26-14-17/h1-5,10,14H,6-9,12-13H2,(H,21,25). The molecule has 0 atom stereocenters. The Morgan fingerprint density at radius 2 is 1.85 bits per heavy atom. The van der Waals surface area contributed by atoms with Gasteiger partial charge in [0.25, 0.3) is 5.91 Å². The molecule has 2 amide bonds. The highest BCUT2D eigenvalue weighted by molar-refractivity contribution is 5.96. The van der Waals surface area contributed by atoms with Gasteiger partial charge in [0, 0.05) is 32.7 Å². The summed E-state index contributed by atoms with van der Waals surface area (Å²) in [6, 6.07) is 11.2. The van der Waals surface area contributed by atoms with Crippen molar-refractivity contribution in [3.05, 3.63) is 59.5 Å². The van der Waals surface area contributed by atoms with Gasteiger partial charge in [-0.3, -0.25) is 14.5 Å². The first-order valence-corrected chi connectivity index (χ1v) is 8.45. The summed E-state index contributed by atoms with van der Waals surface area (Å²) in [4.78, 5) is 28.1. The molecule has 1 N–H and O–H groups in total. The smallest absolute Gasteiger partial charge is 0.254 e. The number of benzene rings is 1. The molecule has 1 aliphatic rings. The van der Waals surface area contributed by atoms with Crippen molar-refractivity contribution in [2.45, 2.75) is 6.54 Å². The number of rotatable bonds is 5. The number of nitrogens with one attached hydrogen (secondary N) is 1. The molecule has 7 heteroatoms. The molecule has 1 aromatic heterocycles. The summed E-state index contributed by atoms with van der Waals surface area (Å²) in [7, 11) is 0. The molecule has 7 nitrogen and oxygen atoms in total. The number of piperazine rings is 1. The molecular formula is C19H20N4O3. The van der Waals surface area contributed by atoms with Crippen molar-refractivity contribution < 1.29 is 14.0 Å². The van der Waals surface area contributed by atoms with E-state index < -0.39 is 0 Å². The second-order valence-corrected chi connectivity index (χ2v) is 6.16. The summed E-state index contributed by atoms with van der Waals surface area (Å²) in [6.45, 7) is 3.61. The lowest BCUT2D eigenvalue weighted by molar-refractivity contribution is -0.131. The highest BCUT2D eigenvalue weighted by Crippen LogP contribution is 2.10. The summed E-state index contributed by atoms with van der Waals surface area (Å²) < 4.78 is 4.85. The van der Waals surface area contributed by atoms with Crippen molar-refractivity contribution in [2.24, 2.45) is 0 Å². The Balaban J connectivity index is 1.42. The van der Waals surface area contributed by atoms with Gasteiger partial charge in [-0.25, -0.2) is 0 Å². The highest BCUT2D eigenvalue weighted by Gasteiger charge is 2.21. The summed E-state index contributed by atoms with van der Waals surface area (Å²) in [5.74, 6) is -0.397. The van der Waals surface area contributed by atoms with Gasteiger partial charge in [0.2, 0.25) is 5.91 Å². The molecule has 134 valence electrons. The molecule has 2 aromatic rings. The number of nitrogens with zero attached hydrogens (tertiary/aromatic N) is 3. The Morgan fingerprint density at radius 3 is 2.46 bits per heavy atom. The minimum absolute atomic E-state index is 0.0143. The van der Waals surface area contributed by atoms with Crippen LogP contribution >= 0.6 is 0 Å². The van der Waals surface area contributed by atoms with Crippen LogP contribution in [-0.2, 0) is 11.3 Å². The van der Waals surface area contributed by atoms with E-state index in [1.807, 2.05) is 24.3 Å². The molecule has 0 saturated carbocycles. The Kier molecular flexibility index (Phi) is 5.66. The van der Waals surface area contributed by atoms with Crippen LogP contribution in [0.5, 0.6) is 0 Å². The van der Waals surface area contributed by atoms with Crippen molar-refractivity contribution >= 4 is 11.8 Å². The van der Waals surface area contributed by atoms with Gasteiger partial charge in [-0.05, 0) is 23.8 Å². The van der Waals surface area contributed by atoms with E-state index in [4.69, 9.17) is 9.68 Å². The highest BCUT2D eigenvalue weighted by atomic mass is 16.3. The molecule has 1 fully saturated rings. The number of carbonyl (C=O) groups excluding carboxylic acids is 2. The summed E-state index contributed by atoms with van der Waals surface area (Å²) in [5.41, 5.74) is 2.21. The van der Waals surface area contributed by atoms with Crippen LogP contribution in [-0.4, -0.2) is 54.3 Å². The minimum Gasteiger partial charge on any atom is -0.472 e. The van der Waals surface area contributed by atoms with E-state index >= 15 is 0 Å². The molecule has 0 aliphatic carbocycles. The van der Waals surface area contributed by atoms with Gasteiger partial charge >= 0.3 is 0 Å². The van der Waals surface area contributed by atoms with Crippen molar-refractivity contribution in [3.8, 4) is 6.07 Å². The van der Waals surface area contributed by atoms with Crippen LogP contribution < -0.4 is 5.32 Å². The van der Waals surface area contributed by atoms with E-state index in [0.717, 1.165) is 25.2 Å². The normalized spacial score (nSPS) is 14.7. The first-order valence-electron chi connectivity index (χ1n) is 8.45. The maximum absolute atomic E-state index is 12.2. The van der Waals surface area contributed by atoms with Crippen LogP contribution in [0, 0.1) is 11.3 Å². The van der Waals surface area contributed by atoms with Crippen LogP contribution in [0.15, 0.2) is 47.3 Å². The van der Waals surface area contributed by atoms with Gasteiger partial charge in [0.15, 0.2) is 0 Å². The van der Waals surface area contributed by atoms with E-state index in [1.54, 1.807) is 11.0 Å². The van der Waals surface area contributed by atoms with E-state index in [1.165, 1.54) is 12.5 Å². The monoisotopic (exact) mass is 352 g/mol. The number of furan rings is 1. The van der Waals surface area contributed by atoms with Crippen LogP contribution in [0.3, 0.4) is 0 Å². The van der Waals surface area contributed by atoms with Crippen molar-refractivity contribution in [1.82, 2.24) is 15.1 Å². The quantitative estimate of drug-likeness (QED) is 0.874. The third kappa shape index (κ3) is 4.49. The summed E-state index contributed by atoms with van der Waals surface area (Å²) in [5, 5.41) is 11.4. The third-order valence-electron chi connectivity index (χ3n) is 4.40. The van der Waals surface area contributed by atoms with Gasteiger partial charge in [-0.1, -0.05) is 12.1 Å². The van der Waals surface area contributed by atoms with Crippen molar-refractivity contribution in [1.29, 1.82) is 5.26 Å². The van der Waals surface area contributed by atoms with Crippen LogP contribution in [0.4, 0.5) is 0 Å². The average molecular weight is 352 g/mol. The zero-order valence-corrected chi connectivity index (χ0v) is 14.4. The van der Waals surface area contributed by atoms with Crippen LogP contribution in [0.25, 0.3) is 0 Å². The van der Waals surface area contributed by atoms with Gasteiger partial charge in [-0.15, -0.1) is 0 Å². The van der Waals surface area contributed by atoms with Crippen LogP contribution in [0.2, 0.25) is 0 Å². The van der Waals surface area contributed by atoms with E-state index in [9.17, 15) is 9.59 Å². The molecule has 0 unspecified atom stereocenters. The fraction of sp³-hybridized carbons (Fsp3) is 0.316. The Bertz CT molecular complexity index is 785. The van der Waals surface area contributed by atoms with Gasteiger partial charge in [0.1, 0.15) is 6.26 Å². The van der Waals surface area contributed by atoms with E-state index in [-0.39, 0.29) is 18.4 Å². The number of hydrogen-bond donors (Lipinski definition) is 1. The maximum Gasteiger partial charge on any atom is 0.254 e. The molecule has 1 saturated heterocycles. The molecule has 0 spiro atoms. The largest absolute Gasteiger partial charge is 0.472 e. The lowest BCUT2D eigenvalue weighted by Gasteiger charge is -2.34. The van der Waals surface area contributed by atoms with Crippen molar-refractivity contribution in [3.63, 3.8) is 0 Å².